The van der Waals surface area contributed by atoms with Crippen LogP contribution < -0.4 is 20.1 Å². The molecule has 0 radical (unpaired) electrons. The smallest absolute Gasteiger partial charge is 0.325 e. The Kier molecular flexibility index (Phi) is 4.28. The van der Waals surface area contributed by atoms with Gasteiger partial charge in [-0.3, -0.25) is 14.5 Å². The number of hydrogen-bond donors (Lipinski definition) is 2. The zero-order valence-corrected chi connectivity index (χ0v) is 16.7. The normalized spacial score (nSPS) is 19.6. The lowest BCUT2D eigenvalue weighted by molar-refractivity contribution is -0.133. The molecule has 0 spiro atoms. The van der Waals surface area contributed by atoms with Crippen molar-refractivity contribution >= 4 is 34.3 Å². The second-order valence-electron chi connectivity index (χ2n) is 7.62. The van der Waals surface area contributed by atoms with E-state index in [1.807, 2.05) is 42.5 Å². The Balaban J connectivity index is 1.33. The van der Waals surface area contributed by atoms with Gasteiger partial charge in [0.25, 0.3) is 5.91 Å². The number of nitrogens with zero attached hydrogens (tertiary/aromatic N) is 1. The number of nitrogens with one attached hydrogen (secondary N) is 2. The fraction of sp³-hybridized carbons (Fsp3) is 0.174. The predicted molar refractivity (Wildman–Crippen MR) is 113 cm³/mol. The van der Waals surface area contributed by atoms with Gasteiger partial charge in [0.2, 0.25) is 12.7 Å². The van der Waals surface area contributed by atoms with Crippen LogP contribution in [0.2, 0.25) is 0 Å². The summed E-state index contributed by atoms with van der Waals surface area (Å²) in [5.74, 6) is 0.147. The Morgan fingerprint density at radius 2 is 1.81 bits per heavy atom. The van der Waals surface area contributed by atoms with Gasteiger partial charge in [0.1, 0.15) is 12.1 Å². The van der Waals surface area contributed by atoms with E-state index in [4.69, 9.17) is 9.47 Å². The Labute approximate surface area is 177 Å². The molecule has 2 aliphatic rings. The molecule has 1 fully saturated rings. The van der Waals surface area contributed by atoms with Crippen LogP contribution in [0.5, 0.6) is 11.5 Å². The average Bonchev–Trinajstić information content (AvgIpc) is 3.32. The summed E-state index contributed by atoms with van der Waals surface area (Å²) < 4.78 is 10.5. The number of hydrogen-bond acceptors (Lipinski definition) is 5. The van der Waals surface area contributed by atoms with E-state index in [0.717, 1.165) is 15.7 Å². The minimum atomic E-state index is -1.25. The lowest BCUT2D eigenvalue weighted by Crippen LogP contribution is -2.42. The highest BCUT2D eigenvalue weighted by Crippen LogP contribution is 2.34. The van der Waals surface area contributed by atoms with Crippen molar-refractivity contribution in [3.63, 3.8) is 0 Å². The molecule has 1 atom stereocenters. The minimum Gasteiger partial charge on any atom is -0.454 e. The number of imide groups is 1. The molecule has 5 rings (SSSR count). The largest absolute Gasteiger partial charge is 0.454 e. The number of anilines is 1. The second-order valence-corrected chi connectivity index (χ2v) is 7.62. The van der Waals surface area contributed by atoms with Crippen LogP contribution in [0.25, 0.3) is 10.8 Å². The Hall–Kier alpha value is -4.07. The van der Waals surface area contributed by atoms with Crippen molar-refractivity contribution in [2.45, 2.75) is 12.5 Å². The minimum absolute atomic E-state index is 0.128. The molecule has 8 heteroatoms. The van der Waals surface area contributed by atoms with Gasteiger partial charge >= 0.3 is 6.03 Å². The molecule has 0 saturated carbocycles. The highest BCUT2D eigenvalue weighted by Gasteiger charge is 2.49. The van der Waals surface area contributed by atoms with E-state index in [1.165, 1.54) is 0 Å². The third-order valence-electron chi connectivity index (χ3n) is 5.56. The monoisotopic (exact) mass is 417 g/mol. The first-order valence-electron chi connectivity index (χ1n) is 9.77. The van der Waals surface area contributed by atoms with Crippen molar-refractivity contribution in [3.8, 4) is 11.5 Å². The molecule has 31 heavy (non-hydrogen) atoms. The molecule has 0 aliphatic carbocycles. The number of fused-ring (bicyclic) bond motifs is 2. The van der Waals surface area contributed by atoms with Gasteiger partial charge in [-0.25, -0.2) is 4.79 Å². The van der Waals surface area contributed by atoms with Gasteiger partial charge in [-0.15, -0.1) is 0 Å². The van der Waals surface area contributed by atoms with Gasteiger partial charge in [-0.05, 0) is 41.5 Å². The van der Waals surface area contributed by atoms with Gasteiger partial charge in [-0.1, -0.05) is 36.4 Å². The summed E-state index contributed by atoms with van der Waals surface area (Å²) in [6.45, 7) is 1.37. The Morgan fingerprint density at radius 3 is 2.65 bits per heavy atom. The summed E-state index contributed by atoms with van der Waals surface area (Å²) >= 11 is 0. The van der Waals surface area contributed by atoms with Crippen molar-refractivity contribution < 1.29 is 23.9 Å². The quantitative estimate of drug-likeness (QED) is 0.636. The molecule has 2 aliphatic heterocycles. The van der Waals surface area contributed by atoms with E-state index in [-0.39, 0.29) is 6.79 Å². The van der Waals surface area contributed by atoms with Crippen molar-refractivity contribution in [2.24, 2.45) is 0 Å². The Bertz CT molecular complexity index is 1240. The maximum atomic E-state index is 13.1. The second kappa shape index (κ2) is 7.02. The number of ether oxygens (including phenoxy) is 2. The first-order valence-corrected chi connectivity index (χ1v) is 9.77. The molecule has 2 heterocycles. The molecule has 2 N–H and O–H groups in total. The summed E-state index contributed by atoms with van der Waals surface area (Å²) in [5, 5.41) is 7.41. The van der Waals surface area contributed by atoms with Gasteiger partial charge in [-0.2, -0.15) is 0 Å². The van der Waals surface area contributed by atoms with E-state index in [0.29, 0.717) is 22.7 Å². The third-order valence-corrected chi connectivity index (χ3v) is 5.56. The van der Waals surface area contributed by atoms with Crippen LogP contribution in [0.3, 0.4) is 0 Å². The van der Waals surface area contributed by atoms with Gasteiger partial charge in [0.15, 0.2) is 11.5 Å². The lowest BCUT2D eigenvalue weighted by atomic mass is 9.90. The van der Waals surface area contributed by atoms with Crippen LogP contribution in [-0.2, 0) is 15.1 Å². The van der Waals surface area contributed by atoms with E-state index in [9.17, 15) is 14.4 Å². The highest BCUT2D eigenvalue weighted by atomic mass is 16.7. The number of amides is 4. The summed E-state index contributed by atoms with van der Waals surface area (Å²) in [7, 11) is 0. The van der Waals surface area contributed by atoms with Crippen LogP contribution in [-0.4, -0.2) is 36.1 Å². The molecular formula is C23H19N3O5. The number of rotatable bonds is 4. The SMILES string of the molecule is CC1(c2ccc3ccccc3c2)NC(=O)N(CC(=O)Nc2ccc3c(c2)OCO3)C1=O. The first-order chi connectivity index (χ1) is 14.9. The fourth-order valence-electron chi connectivity index (χ4n) is 3.85. The van der Waals surface area contributed by atoms with Crippen LogP contribution in [0.15, 0.2) is 60.7 Å². The van der Waals surface area contributed by atoms with Gasteiger partial charge in [0, 0.05) is 11.8 Å². The maximum Gasteiger partial charge on any atom is 0.325 e. The van der Waals surface area contributed by atoms with E-state index in [1.54, 1.807) is 25.1 Å². The van der Waals surface area contributed by atoms with Crippen molar-refractivity contribution in [1.29, 1.82) is 0 Å². The van der Waals surface area contributed by atoms with Crippen molar-refractivity contribution in [3.05, 3.63) is 66.2 Å². The maximum absolute atomic E-state index is 13.1. The van der Waals surface area contributed by atoms with Gasteiger partial charge < -0.3 is 20.1 Å². The lowest BCUT2D eigenvalue weighted by Gasteiger charge is -2.22. The van der Waals surface area contributed by atoms with Crippen LogP contribution in [0.4, 0.5) is 10.5 Å². The van der Waals surface area contributed by atoms with Crippen LogP contribution in [0.1, 0.15) is 12.5 Å². The molecular weight excluding hydrogens is 398 g/mol. The predicted octanol–water partition coefficient (Wildman–Crippen LogP) is 2.97. The third kappa shape index (κ3) is 3.22. The Morgan fingerprint density at radius 1 is 1.03 bits per heavy atom. The van der Waals surface area contributed by atoms with E-state index >= 15 is 0 Å². The fourth-order valence-corrected chi connectivity index (χ4v) is 3.85. The zero-order chi connectivity index (χ0) is 21.6. The van der Waals surface area contributed by atoms with Crippen LogP contribution >= 0.6 is 0 Å². The summed E-state index contributed by atoms with van der Waals surface area (Å²) in [6.07, 6.45) is 0. The highest BCUT2D eigenvalue weighted by molar-refractivity contribution is 6.10. The first kappa shape index (κ1) is 18.9. The zero-order valence-electron chi connectivity index (χ0n) is 16.7. The molecule has 4 amide bonds. The van der Waals surface area contributed by atoms with Crippen molar-refractivity contribution in [1.82, 2.24) is 10.2 Å². The number of benzene rings is 3. The van der Waals surface area contributed by atoms with Crippen molar-refractivity contribution in [2.75, 3.05) is 18.7 Å². The number of carbonyl (C=O) groups excluding carboxylic acids is 3. The molecule has 1 saturated heterocycles. The number of urea groups is 1. The standard InChI is InChI=1S/C23H19N3O5/c1-23(16-7-6-14-4-2-3-5-15(14)10-16)21(28)26(22(29)25-23)12-20(27)24-17-8-9-18-19(11-17)31-13-30-18/h2-11H,12-13H2,1H3,(H,24,27)(H,25,29). The summed E-state index contributed by atoms with van der Waals surface area (Å²) in [5.41, 5.74) is -0.109. The molecule has 0 bridgehead atoms. The molecule has 1 unspecified atom stereocenters. The molecule has 8 nitrogen and oxygen atoms in total. The van der Waals surface area contributed by atoms with Crippen LogP contribution in [0, 0.1) is 0 Å². The molecule has 3 aromatic carbocycles. The molecule has 156 valence electrons. The molecule has 0 aromatic heterocycles. The van der Waals surface area contributed by atoms with E-state index < -0.39 is 29.9 Å². The number of carbonyl (C=O) groups is 3. The average molecular weight is 417 g/mol. The topological polar surface area (TPSA) is 97.0 Å². The summed E-state index contributed by atoms with van der Waals surface area (Å²) in [6, 6.07) is 17.7. The summed E-state index contributed by atoms with van der Waals surface area (Å²) in [4.78, 5) is 39.2. The molecule has 3 aromatic rings. The van der Waals surface area contributed by atoms with Gasteiger partial charge in [0.05, 0.1) is 0 Å². The van der Waals surface area contributed by atoms with E-state index in [2.05, 4.69) is 10.6 Å².